The molecular formula is C4H10NiO3S. The van der Waals surface area contributed by atoms with Gasteiger partial charge in [0, 0.05) is 16.5 Å². The Balaban J connectivity index is 0. The van der Waals surface area contributed by atoms with Crippen LogP contribution in [-0.2, 0) is 26.6 Å². The van der Waals surface area contributed by atoms with Gasteiger partial charge in [-0.25, -0.2) is 0 Å². The number of hydrogen-bond acceptors (Lipinski definition) is 2. The summed E-state index contributed by atoms with van der Waals surface area (Å²) < 4.78 is 28.0. The molecule has 0 aromatic heterocycles. The Hall–Kier alpha value is 0.404. The summed E-state index contributed by atoms with van der Waals surface area (Å²) in [6.07, 6.45) is 1.33. The molecule has 0 aliphatic carbocycles. The molecule has 0 rings (SSSR count). The van der Waals surface area contributed by atoms with E-state index >= 15 is 0 Å². The van der Waals surface area contributed by atoms with Crippen LogP contribution >= 0.6 is 0 Å². The average Bonchev–Trinajstić information content (AvgIpc) is 1.59. The van der Waals surface area contributed by atoms with E-state index in [1.165, 1.54) is 0 Å². The molecule has 0 amide bonds. The first-order chi connectivity index (χ1) is 3.56. The van der Waals surface area contributed by atoms with Gasteiger partial charge in [0.1, 0.15) is 0 Å². The molecule has 0 fully saturated rings. The van der Waals surface area contributed by atoms with Crippen molar-refractivity contribution in [2.45, 2.75) is 19.8 Å². The first-order valence-corrected chi connectivity index (χ1v) is 4.12. The van der Waals surface area contributed by atoms with Crippen LogP contribution in [0.15, 0.2) is 0 Å². The fourth-order valence-corrected chi connectivity index (χ4v) is 0.980. The molecule has 3 nitrogen and oxygen atoms in total. The van der Waals surface area contributed by atoms with E-state index in [-0.39, 0.29) is 22.2 Å². The molecule has 1 N–H and O–H groups in total. The molecule has 0 unspecified atom stereocenters. The van der Waals surface area contributed by atoms with Crippen molar-refractivity contribution >= 4 is 10.1 Å². The number of rotatable bonds is 3. The molecule has 0 bridgehead atoms. The molecule has 0 saturated heterocycles. The van der Waals surface area contributed by atoms with Gasteiger partial charge in [-0.15, -0.1) is 0 Å². The third kappa shape index (κ3) is 11.8. The minimum atomic E-state index is -3.69. The summed E-state index contributed by atoms with van der Waals surface area (Å²) in [6, 6.07) is 0. The maximum Gasteiger partial charge on any atom is 0.264 e. The summed E-state index contributed by atoms with van der Waals surface area (Å²) in [5.41, 5.74) is 0. The van der Waals surface area contributed by atoms with Crippen molar-refractivity contribution < 1.29 is 29.5 Å². The first-order valence-electron chi connectivity index (χ1n) is 2.51. The van der Waals surface area contributed by atoms with Crippen molar-refractivity contribution in [1.82, 2.24) is 0 Å². The van der Waals surface area contributed by atoms with E-state index < -0.39 is 10.1 Å². The Morgan fingerprint density at radius 2 is 1.89 bits per heavy atom. The number of unbranched alkanes of at least 4 members (excludes halogenated alkanes) is 1. The van der Waals surface area contributed by atoms with Crippen molar-refractivity contribution in [3.63, 3.8) is 0 Å². The maximum absolute atomic E-state index is 9.95. The summed E-state index contributed by atoms with van der Waals surface area (Å²) in [6.45, 7) is 1.87. The van der Waals surface area contributed by atoms with Crippen molar-refractivity contribution in [1.29, 1.82) is 0 Å². The number of hydrogen-bond donors (Lipinski definition) is 1. The fraction of sp³-hybridized carbons (Fsp3) is 1.00. The van der Waals surface area contributed by atoms with E-state index in [0.717, 1.165) is 6.42 Å². The topological polar surface area (TPSA) is 54.4 Å². The maximum atomic E-state index is 9.95. The summed E-state index contributed by atoms with van der Waals surface area (Å²) in [4.78, 5) is 0. The third-order valence-corrected chi connectivity index (χ3v) is 1.56. The SMILES string of the molecule is CCCCS(=O)(=O)O.[Ni]. The molecule has 0 aliphatic heterocycles. The van der Waals surface area contributed by atoms with Crippen LogP contribution in [0.5, 0.6) is 0 Å². The zero-order valence-corrected chi connectivity index (χ0v) is 6.91. The largest absolute Gasteiger partial charge is 0.286 e. The average molecular weight is 197 g/mol. The molecule has 0 saturated carbocycles. The van der Waals surface area contributed by atoms with Crippen molar-refractivity contribution in [2.24, 2.45) is 0 Å². The predicted molar refractivity (Wildman–Crippen MR) is 31.3 cm³/mol. The molecule has 0 heterocycles. The Morgan fingerprint density at radius 1 is 1.44 bits per heavy atom. The van der Waals surface area contributed by atoms with Crippen molar-refractivity contribution in [3.05, 3.63) is 0 Å². The summed E-state index contributed by atoms with van der Waals surface area (Å²) in [5.74, 6) is -0.108. The smallest absolute Gasteiger partial charge is 0.264 e. The molecular weight excluding hydrogens is 187 g/mol. The molecule has 0 aliphatic rings. The Labute approximate surface area is 65.5 Å². The predicted octanol–water partition coefficient (Wildman–Crippen LogP) is 0.672. The van der Waals surface area contributed by atoms with E-state index in [9.17, 15) is 8.42 Å². The van der Waals surface area contributed by atoms with Gasteiger partial charge in [-0.3, -0.25) is 4.55 Å². The molecule has 0 spiro atoms. The molecule has 0 radical (unpaired) electrons. The Kier molecular flexibility index (Phi) is 7.01. The zero-order chi connectivity index (χ0) is 6.62. The van der Waals surface area contributed by atoms with Crippen molar-refractivity contribution in [2.75, 3.05) is 5.75 Å². The van der Waals surface area contributed by atoms with Gasteiger partial charge < -0.3 is 0 Å². The van der Waals surface area contributed by atoms with Crippen LogP contribution in [0.4, 0.5) is 0 Å². The first kappa shape index (κ1) is 12.1. The molecule has 60 valence electrons. The van der Waals surface area contributed by atoms with E-state index in [4.69, 9.17) is 4.55 Å². The second-order valence-corrected chi connectivity index (χ2v) is 3.21. The standard InChI is InChI=1S/C4H10O3S.Ni/c1-2-3-4-8(5,6)7;/h2-4H2,1H3,(H,5,6,7);. The van der Waals surface area contributed by atoms with Gasteiger partial charge >= 0.3 is 0 Å². The minimum Gasteiger partial charge on any atom is -0.286 e. The molecule has 0 aromatic rings. The zero-order valence-electron chi connectivity index (χ0n) is 5.11. The van der Waals surface area contributed by atoms with Crippen LogP contribution in [0.3, 0.4) is 0 Å². The summed E-state index contributed by atoms with van der Waals surface area (Å²) in [5, 5.41) is 0. The van der Waals surface area contributed by atoms with Crippen LogP contribution in [-0.4, -0.2) is 18.7 Å². The molecule has 0 aromatic carbocycles. The second-order valence-electron chi connectivity index (χ2n) is 1.64. The summed E-state index contributed by atoms with van der Waals surface area (Å²) in [7, 11) is -3.69. The van der Waals surface area contributed by atoms with Gasteiger partial charge in [-0.2, -0.15) is 8.42 Å². The fourth-order valence-electron chi connectivity index (χ4n) is 0.327. The van der Waals surface area contributed by atoms with Crippen LogP contribution in [0.1, 0.15) is 19.8 Å². The van der Waals surface area contributed by atoms with Crippen LogP contribution < -0.4 is 0 Å². The van der Waals surface area contributed by atoms with Crippen LogP contribution in [0.25, 0.3) is 0 Å². The van der Waals surface area contributed by atoms with Gasteiger partial charge in [0.2, 0.25) is 0 Å². The Morgan fingerprint density at radius 3 is 2.00 bits per heavy atom. The quantitative estimate of drug-likeness (QED) is 0.534. The van der Waals surface area contributed by atoms with Gasteiger partial charge in [-0.1, -0.05) is 13.3 Å². The Bertz CT molecular complexity index is 140. The van der Waals surface area contributed by atoms with Gasteiger partial charge in [0.15, 0.2) is 0 Å². The van der Waals surface area contributed by atoms with Gasteiger partial charge in [0.25, 0.3) is 10.1 Å². The molecule has 9 heavy (non-hydrogen) atoms. The molecule has 0 atom stereocenters. The van der Waals surface area contributed by atoms with E-state index in [2.05, 4.69) is 0 Å². The third-order valence-electron chi connectivity index (χ3n) is 0.756. The second kappa shape index (κ2) is 5.21. The van der Waals surface area contributed by atoms with E-state index in [0.29, 0.717) is 6.42 Å². The minimum absolute atomic E-state index is 0. The van der Waals surface area contributed by atoms with E-state index in [1.54, 1.807) is 0 Å². The van der Waals surface area contributed by atoms with E-state index in [1.807, 2.05) is 6.92 Å². The van der Waals surface area contributed by atoms with Crippen molar-refractivity contribution in [3.8, 4) is 0 Å². The van der Waals surface area contributed by atoms with Gasteiger partial charge in [-0.05, 0) is 6.42 Å². The van der Waals surface area contributed by atoms with Crippen LogP contribution in [0.2, 0.25) is 0 Å². The monoisotopic (exact) mass is 196 g/mol. The molecule has 5 heteroatoms. The normalized spacial score (nSPS) is 10.4. The van der Waals surface area contributed by atoms with Crippen LogP contribution in [0, 0.1) is 0 Å². The summed E-state index contributed by atoms with van der Waals surface area (Å²) >= 11 is 0. The van der Waals surface area contributed by atoms with Gasteiger partial charge in [0.05, 0.1) is 5.75 Å².